The molecule has 6 nitrogen and oxygen atoms in total. The number of nitrogens with two attached hydrogens (primary N) is 1. The molecule has 1 heterocycles. The second-order valence-corrected chi connectivity index (χ2v) is 5.63. The van der Waals surface area contributed by atoms with Gasteiger partial charge in [0.05, 0.1) is 17.6 Å². The minimum atomic E-state index is -3.69. The summed E-state index contributed by atoms with van der Waals surface area (Å²) in [5, 5.41) is 0.0163. The molecule has 2 aromatic rings. The first-order chi connectivity index (χ1) is 8.40. The van der Waals surface area contributed by atoms with Crippen LogP contribution in [0.3, 0.4) is 0 Å². The Hall–Kier alpha value is -2.02. The molecule has 4 N–H and O–H groups in total. The van der Waals surface area contributed by atoms with Gasteiger partial charge in [-0.25, -0.2) is 4.98 Å². The van der Waals surface area contributed by atoms with Gasteiger partial charge >= 0.3 is 0 Å². The number of imidazole rings is 1. The van der Waals surface area contributed by atoms with Crippen LogP contribution in [-0.4, -0.2) is 18.4 Å². The van der Waals surface area contributed by atoms with E-state index >= 15 is 0 Å². The number of H-pyrrole nitrogens is 1. The number of aromatic nitrogens is 2. The third kappa shape index (κ3) is 2.30. The van der Waals surface area contributed by atoms with Crippen LogP contribution in [0.25, 0.3) is 0 Å². The van der Waals surface area contributed by atoms with Crippen LogP contribution < -0.4 is 10.5 Å². The largest absolute Gasteiger partial charge is 0.397 e. The number of aryl methyl sites for hydroxylation is 2. The first-order valence-electron chi connectivity index (χ1n) is 5.29. The van der Waals surface area contributed by atoms with E-state index < -0.39 is 10.0 Å². The number of sulfonamides is 1. The fourth-order valence-electron chi connectivity index (χ4n) is 1.55. The van der Waals surface area contributed by atoms with Gasteiger partial charge in [0.25, 0.3) is 10.0 Å². The molecule has 0 aliphatic heterocycles. The van der Waals surface area contributed by atoms with Gasteiger partial charge in [0.15, 0.2) is 5.03 Å². The Morgan fingerprint density at radius 1 is 1.33 bits per heavy atom. The Kier molecular flexibility index (Phi) is 3.00. The minimum Gasteiger partial charge on any atom is -0.397 e. The van der Waals surface area contributed by atoms with Crippen molar-refractivity contribution < 1.29 is 8.42 Å². The van der Waals surface area contributed by atoms with Gasteiger partial charge in [0.1, 0.15) is 5.82 Å². The summed E-state index contributed by atoms with van der Waals surface area (Å²) in [5.74, 6) is 0.535. The van der Waals surface area contributed by atoms with Crippen LogP contribution in [0.15, 0.2) is 29.4 Å². The van der Waals surface area contributed by atoms with Crippen LogP contribution in [-0.2, 0) is 10.0 Å². The lowest BCUT2D eigenvalue weighted by Gasteiger charge is -2.11. The summed E-state index contributed by atoms with van der Waals surface area (Å²) in [6.45, 7) is 3.47. The average molecular weight is 266 g/mol. The highest BCUT2D eigenvalue weighted by molar-refractivity contribution is 7.92. The molecule has 0 unspecified atom stereocenters. The van der Waals surface area contributed by atoms with E-state index in [-0.39, 0.29) is 5.03 Å². The highest BCUT2D eigenvalue weighted by Crippen LogP contribution is 2.25. The monoisotopic (exact) mass is 266 g/mol. The van der Waals surface area contributed by atoms with Gasteiger partial charge in [-0.3, -0.25) is 4.72 Å². The van der Waals surface area contributed by atoms with Crippen molar-refractivity contribution >= 4 is 21.4 Å². The van der Waals surface area contributed by atoms with Crippen molar-refractivity contribution in [3.63, 3.8) is 0 Å². The Morgan fingerprint density at radius 3 is 2.61 bits per heavy atom. The second kappa shape index (κ2) is 4.34. The Balaban J connectivity index is 2.40. The number of nitrogens with one attached hydrogen (secondary N) is 2. The smallest absolute Gasteiger partial charge is 0.279 e. The number of benzene rings is 1. The van der Waals surface area contributed by atoms with Crippen LogP contribution in [0.2, 0.25) is 0 Å². The number of nitrogen functional groups attached to an aromatic ring is 1. The summed E-state index contributed by atoms with van der Waals surface area (Å²) in [6.07, 6.45) is 1.27. The first-order valence-corrected chi connectivity index (χ1v) is 6.78. The highest BCUT2D eigenvalue weighted by Gasteiger charge is 2.18. The van der Waals surface area contributed by atoms with Crippen molar-refractivity contribution in [1.82, 2.24) is 9.97 Å². The second-order valence-electron chi connectivity index (χ2n) is 3.98. The van der Waals surface area contributed by atoms with E-state index in [1.807, 2.05) is 0 Å². The quantitative estimate of drug-likeness (QED) is 0.731. The maximum absolute atomic E-state index is 12.1. The molecule has 0 atom stereocenters. The normalized spacial score (nSPS) is 11.4. The standard InChI is InChI=1S/C11H14N4O2S/c1-7-4-3-5-9(12)11(7)15-18(16,17)10-6-13-8(2)14-10/h3-6,15H,12H2,1-2H3,(H,13,14). The predicted octanol–water partition coefficient (Wildman–Crippen LogP) is 1.41. The molecule has 7 heteroatoms. The van der Waals surface area contributed by atoms with E-state index in [1.165, 1.54) is 6.20 Å². The van der Waals surface area contributed by atoms with Crippen LogP contribution in [0.5, 0.6) is 0 Å². The third-order valence-corrected chi connectivity index (χ3v) is 3.77. The Morgan fingerprint density at radius 2 is 2.06 bits per heavy atom. The predicted molar refractivity (Wildman–Crippen MR) is 69.7 cm³/mol. The van der Waals surface area contributed by atoms with Crippen LogP contribution in [0.1, 0.15) is 11.4 Å². The van der Waals surface area contributed by atoms with Crippen molar-refractivity contribution in [2.24, 2.45) is 0 Å². The van der Waals surface area contributed by atoms with Gasteiger partial charge in [-0.2, -0.15) is 8.42 Å². The SMILES string of the molecule is Cc1ncc(S(=O)(=O)Nc2c(C)cccc2N)[nH]1. The zero-order valence-electron chi connectivity index (χ0n) is 10.1. The fraction of sp³-hybridized carbons (Fsp3) is 0.182. The summed E-state index contributed by atoms with van der Waals surface area (Å²) < 4.78 is 26.6. The number of hydrogen-bond donors (Lipinski definition) is 3. The summed E-state index contributed by atoms with van der Waals surface area (Å²) in [7, 11) is -3.69. The summed E-state index contributed by atoms with van der Waals surface area (Å²) in [5.41, 5.74) is 7.30. The molecular weight excluding hydrogens is 252 g/mol. The molecule has 0 spiro atoms. The number of anilines is 2. The number of hydrogen-bond acceptors (Lipinski definition) is 4. The van der Waals surface area contributed by atoms with Gasteiger partial charge in [-0.05, 0) is 25.5 Å². The van der Waals surface area contributed by atoms with E-state index in [9.17, 15) is 8.42 Å². The molecule has 96 valence electrons. The van der Waals surface area contributed by atoms with E-state index in [4.69, 9.17) is 5.73 Å². The van der Waals surface area contributed by atoms with Crippen molar-refractivity contribution in [2.75, 3.05) is 10.5 Å². The van der Waals surface area contributed by atoms with Gasteiger partial charge < -0.3 is 10.7 Å². The molecule has 0 bridgehead atoms. The summed E-state index contributed by atoms with van der Waals surface area (Å²) in [6, 6.07) is 5.19. The molecule has 0 saturated carbocycles. The fourth-order valence-corrected chi connectivity index (χ4v) is 2.69. The van der Waals surface area contributed by atoms with E-state index in [0.717, 1.165) is 5.56 Å². The van der Waals surface area contributed by atoms with E-state index in [1.54, 1.807) is 32.0 Å². The maximum Gasteiger partial charge on any atom is 0.279 e. The number of aromatic amines is 1. The van der Waals surface area contributed by atoms with Crippen LogP contribution >= 0.6 is 0 Å². The van der Waals surface area contributed by atoms with Gasteiger partial charge in [0, 0.05) is 0 Å². The minimum absolute atomic E-state index is 0.0163. The number of para-hydroxylation sites is 1. The van der Waals surface area contributed by atoms with E-state index in [0.29, 0.717) is 17.2 Å². The molecule has 0 fully saturated rings. The number of rotatable bonds is 3. The first kappa shape index (κ1) is 12.4. The summed E-state index contributed by atoms with van der Waals surface area (Å²) >= 11 is 0. The van der Waals surface area contributed by atoms with Crippen LogP contribution in [0.4, 0.5) is 11.4 Å². The lowest BCUT2D eigenvalue weighted by Crippen LogP contribution is -2.15. The number of nitrogens with zero attached hydrogens (tertiary/aromatic N) is 1. The molecule has 1 aromatic heterocycles. The zero-order valence-corrected chi connectivity index (χ0v) is 10.9. The lowest BCUT2D eigenvalue weighted by atomic mass is 10.2. The third-order valence-electron chi connectivity index (χ3n) is 2.51. The molecule has 18 heavy (non-hydrogen) atoms. The van der Waals surface area contributed by atoms with E-state index in [2.05, 4.69) is 14.7 Å². The molecule has 0 radical (unpaired) electrons. The Bertz CT molecular complexity index is 656. The lowest BCUT2D eigenvalue weighted by molar-refractivity contribution is 0.598. The topological polar surface area (TPSA) is 101 Å². The van der Waals surface area contributed by atoms with Crippen LogP contribution in [0, 0.1) is 13.8 Å². The van der Waals surface area contributed by atoms with Crippen molar-refractivity contribution in [3.8, 4) is 0 Å². The summed E-state index contributed by atoms with van der Waals surface area (Å²) in [4.78, 5) is 6.54. The molecular formula is C11H14N4O2S. The molecule has 2 rings (SSSR count). The zero-order chi connectivity index (χ0) is 13.3. The maximum atomic E-state index is 12.1. The van der Waals surface area contributed by atoms with Gasteiger partial charge in [-0.15, -0.1) is 0 Å². The Labute approximate surface area is 105 Å². The van der Waals surface area contributed by atoms with Crippen molar-refractivity contribution in [3.05, 3.63) is 35.8 Å². The van der Waals surface area contributed by atoms with Crippen molar-refractivity contribution in [1.29, 1.82) is 0 Å². The highest BCUT2D eigenvalue weighted by atomic mass is 32.2. The van der Waals surface area contributed by atoms with Gasteiger partial charge in [-0.1, -0.05) is 12.1 Å². The molecule has 0 saturated heterocycles. The average Bonchev–Trinajstić information content (AvgIpc) is 2.71. The molecule has 1 aromatic carbocycles. The van der Waals surface area contributed by atoms with Gasteiger partial charge in [0.2, 0.25) is 0 Å². The molecule has 0 aliphatic carbocycles. The molecule has 0 aliphatic rings. The van der Waals surface area contributed by atoms with Crippen molar-refractivity contribution in [2.45, 2.75) is 18.9 Å². The molecule has 0 amide bonds.